The van der Waals surface area contributed by atoms with Crippen LogP contribution in [-0.2, 0) is 4.79 Å². The van der Waals surface area contributed by atoms with E-state index >= 15 is 0 Å². The van der Waals surface area contributed by atoms with Crippen molar-refractivity contribution in [2.24, 2.45) is 5.92 Å². The molecule has 1 fully saturated rings. The number of carbonyl (C=O) groups is 1. The fourth-order valence-corrected chi connectivity index (χ4v) is 1.95. The molecule has 3 nitrogen and oxygen atoms in total. The Labute approximate surface area is 84.9 Å². The van der Waals surface area contributed by atoms with Gasteiger partial charge in [0, 0.05) is 12.5 Å². The zero-order chi connectivity index (χ0) is 9.80. The van der Waals surface area contributed by atoms with Crippen LogP contribution in [0.1, 0.15) is 25.7 Å². The highest BCUT2D eigenvalue weighted by atomic mass is 16.1. The van der Waals surface area contributed by atoms with Gasteiger partial charge in [0.25, 0.3) is 0 Å². The normalized spacial score (nSPS) is 27.0. The van der Waals surface area contributed by atoms with Gasteiger partial charge in [0.1, 0.15) is 0 Å². The molecule has 0 radical (unpaired) electrons. The third-order valence-electron chi connectivity index (χ3n) is 2.94. The van der Waals surface area contributed by atoms with Gasteiger partial charge >= 0.3 is 0 Å². The maximum atomic E-state index is 11.5. The molecule has 1 saturated heterocycles. The highest BCUT2D eigenvalue weighted by molar-refractivity contribution is 5.76. The monoisotopic (exact) mass is 194 g/mol. The average molecular weight is 194 g/mol. The molecule has 0 aromatic heterocycles. The van der Waals surface area contributed by atoms with Gasteiger partial charge in [0.15, 0.2) is 0 Å². The van der Waals surface area contributed by atoms with Crippen LogP contribution in [0.4, 0.5) is 0 Å². The van der Waals surface area contributed by atoms with Gasteiger partial charge in [-0.1, -0.05) is 12.2 Å². The van der Waals surface area contributed by atoms with Gasteiger partial charge in [0.05, 0.1) is 0 Å². The number of amides is 1. The number of rotatable bonds is 3. The molecule has 0 aromatic carbocycles. The number of allylic oxidation sites excluding steroid dienone is 1. The molecule has 3 heteroatoms. The van der Waals surface area contributed by atoms with Gasteiger partial charge in [-0.25, -0.2) is 0 Å². The summed E-state index contributed by atoms with van der Waals surface area (Å²) in [4.78, 5) is 11.5. The Kier molecular flexibility index (Phi) is 3.19. The molecule has 0 saturated carbocycles. The Balaban J connectivity index is 1.70. The van der Waals surface area contributed by atoms with E-state index in [-0.39, 0.29) is 5.91 Å². The van der Waals surface area contributed by atoms with Gasteiger partial charge in [-0.2, -0.15) is 0 Å². The summed E-state index contributed by atoms with van der Waals surface area (Å²) in [6, 6.07) is 0.296. The first-order valence-electron chi connectivity index (χ1n) is 5.51. The zero-order valence-electron chi connectivity index (χ0n) is 8.46. The second kappa shape index (κ2) is 4.60. The lowest BCUT2D eigenvalue weighted by atomic mass is 9.98. The van der Waals surface area contributed by atoms with Crippen LogP contribution in [0.3, 0.4) is 0 Å². The third kappa shape index (κ3) is 2.58. The van der Waals surface area contributed by atoms with Crippen LogP contribution < -0.4 is 10.6 Å². The van der Waals surface area contributed by atoms with Crippen molar-refractivity contribution in [3.63, 3.8) is 0 Å². The molecule has 2 rings (SSSR count). The second-order valence-corrected chi connectivity index (χ2v) is 4.26. The Morgan fingerprint density at radius 2 is 2.36 bits per heavy atom. The lowest BCUT2D eigenvalue weighted by Gasteiger charge is -2.27. The summed E-state index contributed by atoms with van der Waals surface area (Å²) < 4.78 is 0. The molecule has 1 atom stereocenters. The van der Waals surface area contributed by atoms with E-state index in [9.17, 15) is 4.79 Å². The molecule has 14 heavy (non-hydrogen) atoms. The lowest BCUT2D eigenvalue weighted by Crippen LogP contribution is -2.45. The SMILES string of the molecule is O=C(CC1CNC1)NC1C=CCCC1. The maximum absolute atomic E-state index is 11.5. The van der Waals surface area contributed by atoms with Crippen LogP contribution in [0.15, 0.2) is 12.2 Å². The topological polar surface area (TPSA) is 41.1 Å². The predicted molar refractivity (Wildman–Crippen MR) is 55.9 cm³/mol. The van der Waals surface area contributed by atoms with Gasteiger partial charge in [0.2, 0.25) is 5.91 Å². The smallest absolute Gasteiger partial charge is 0.220 e. The van der Waals surface area contributed by atoms with Crippen LogP contribution in [0, 0.1) is 5.92 Å². The molecule has 2 aliphatic rings. The van der Waals surface area contributed by atoms with Gasteiger partial charge in [-0.15, -0.1) is 0 Å². The molecular formula is C11H18N2O. The van der Waals surface area contributed by atoms with Gasteiger partial charge < -0.3 is 10.6 Å². The summed E-state index contributed by atoms with van der Waals surface area (Å²) in [5, 5.41) is 6.24. The summed E-state index contributed by atoms with van der Waals surface area (Å²) in [6.45, 7) is 2.02. The Hall–Kier alpha value is -0.830. The van der Waals surface area contributed by atoms with Crippen molar-refractivity contribution >= 4 is 5.91 Å². The largest absolute Gasteiger partial charge is 0.350 e. The van der Waals surface area contributed by atoms with Crippen molar-refractivity contribution in [2.75, 3.05) is 13.1 Å². The van der Waals surface area contributed by atoms with E-state index in [1.54, 1.807) is 0 Å². The molecular weight excluding hydrogens is 176 g/mol. The minimum absolute atomic E-state index is 0.216. The summed E-state index contributed by atoms with van der Waals surface area (Å²) in [5.41, 5.74) is 0. The van der Waals surface area contributed by atoms with Crippen molar-refractivity contribution in [3.8, 4) is 0 Å². The number of carbonyl (C=O) groups excluding carboxylic acids is 1. The minimum atomic E-state index is 0.216. The summed E-state index contributed by atoms with van der Waals surface area (Å²) >= 11 is 0. The fraction of sp³-hybridized carbons (Fsp3) is 0.727. The van der Waals surface area contributed by atoms with Crippen molar-refractivity contribution in [1.82, 2.24) is 10.6 Å². The van der Waals surface area contributed by atoms with Crippen molar-refractivity contribution in [1.29, 1.82) is 0 Å². The van der Waals surface area contributed by atoms with Crippen LogP contribution >= 0.6 is 0 Å². The highest BCUT2D eigenvalue weighted by Crippen LogP contribution is 2.12. The second-order valence-electron chi connectivity index (χ2n) is 4.26. The lowest BCUT2D eigenvalue weighted by molar-refractivity contribution is -0.122. The van der Waals surface area contributed by atoms with Gasteiger partial charge in [-0.3, -0.25) is 4.79 Å². The standard InChI is InChI=1S/C11H18N2O/c14-11(6-9-7-12-8-9)13-10-4-2-1-3-5-10/h2,4,9-10,12H,1,3,5-8H2,(H,13,14). The zero-order valence-corrected chi connectivity index (χ0v) is 8.46. The van der Waals surface area contributed by atoms with Crippen molar-refractivity contribution in [3.05, 3.63) is 12.2 Å². The van der Waals surface area contributed by atoms with E-state index in [1.807, 2.05) is 0 Å². The summed E-state index contributed by atoms with van der Waals surface area (Å²) in [5.74, 6) is 0.788. The van der Waals surface area contributed by atoms with Crippen LogP contribution in [0.25, 0.3) is 0 Å². The maximum Gasteiger partial charge on any atom is 0.220 e. The van der Waals surface area contributed by atoms with Crippen molar-refractivity contribution in [2.45, 2.75) is 31.7 Å². The number of hydrogen-bond donors (Lipinski definition) is 2. The molecule has 1 unspecified atom stereocenters. The van der Waals surface area contributed by atoms with E-state index in [1.165, 1.54) is 12.8 Å². The average Bonchev–Trinajstić information content (AvgIpc) is 2.13. The molecule has 1 aliphatic carbocycles. The Morgan fingerprint density at radius 1 is 1.50 bits per heavy atom. The third-order valence-corrected chi connectivity index (χ3v) is 2.94. The van der Waals surface area contributed by atoms with Crippen LogP contribution in [0.2, 0.25) is 0 Å². The Morgan fingerprint density at radius 3 is 2.93 bits per heavy atom. The Bertz CT molecular complexity index is 233. The molecule has 1 amide bonds. The number of hydrogen-bond acceptors (Lipinski definition) is 2. The molecule has 0 bridgehead atoms. The molecule has 78 valence electrons. The fourth-order valence-electron chi connectivity index (χ4n) is 1.95. The molecule has 1 heterocycles. The first kappa shape index (κ1) is 9.71. The molecule has 0 aromatic rings. The molecule has 1 aliphatic heterocycles. The summed E-state index contributed by atoms with van der Waals surface area (Å²) in [6.07, 6.45) is 8.45. The van der Waals surface area contributed by atoms with E-state index in [0.29, 0.717) is 18.4 Å². The van der Waals surface area contributed by atoms with Gasteiger partial charge in [-0.05, 0) is 38.3 Å². The molecule has 0 spiro atoms. The predicted octanol–water partition coefficient (Wildman–Crippen LogP) is 0.821. The molecule has 2 N–H and O–H groups in total. The first-order chi connectivity index (χ1) is 6.84. The van der Waals surface area contributed by atoms with E-state index in [0.717, 1.165) is 19.5 Å². The van der Waals surface area contributed by atoms with E-state index in [2.05, 4.69) is 22.8 Å². The minimum Gasteiger partial charge on any atom is -0.350 e. The van der Waals surface area contributed by atoms with E-state index in [4.69, 9.17) is 0 Å². The van der Waals surface area contributed by atoms with Crippen molar-refractivity contribution < 1.29 is 4.79 Å². The highest BCUT2D eigenvalue weighted by Gasteiger charge is 2.21. The number of nitrogens with one attached hydrogen (secondary N) is 2. The summed E-state index contributed by atoms with van der Waals surface area (Å²) in [7, 11) is 0. The van der Waals surface area contributed by atoms with Crippen LogP contribution in [0.5, 0.6) is 0 Å². The van der Waals surface area contributed by atoms with E-state index < -0.39 is 0 Å². The first-order valence-corrected chi connectivity index (χ1v) is 5.51. The quantitative estimate of drug-likeness (QED) is 0.653. The van der Waals surface area contributed by atoms with Crippen LogP contribution in [-0.4, -0.2) is 25.0 Å².